The fourth-order valence-corrected chi connectivity index (χ4v) is 4.86. The molecule has 2 N–H and O–H groups in total. The van der Waals surface area contributed by atoms with Gasteiger partial charge in [0.15, 0.2) is 11.5 Å². The van der Waals surface area contributed by atoms with Gasteiger partial charge in [0.1, 0.15) is 11.2 Å². The van der Waals surface area contributed by atoms with Gasteiger partial charge >= 0.3 is 5.97 Å². The molecule has 1 aliphatic carbocycles. The number of carbonyl (C=O) groups is 3. The van der Waals surface area contributed by atoms with Crippen LogP contribution in [-0.2, 0) is 18.6 Å². The summed E-state index contributed by atoms with van der Waals surface area (Å²) in [6.07, 6.45) is 4.20. The maximum absolute atomic E-state index is 13.6. The molecule has 2 aliphatic rings. The Morgan fingerprint density at radius 3 is 2.69 bits per heavy atom. The Morgan fingerprint density at radius 2 is 1.94 bits per heavy atom. The monoisotopic (exact) mass is 485 g/mol. The van der Waals surface area contributed by atoms with E-state index in [0.717, 1.165) is 10.9 Å². The van der Waals surface area contributed by atoms with E-state index in [1.165, 1.54) is 18.5 Å². The summed E-state index contributed by atoms with van der Waals surface area (Å²) >= 11 is 0. The zero-order valence-electron chi connectivity index (χ0n) is 19.5. The first-order chi connectivity index (χ1) is 17.4. The number of carbonyl (C=O) groups excluding carboxylic acids is 2. The zero-order chi connectivity index (χ0) is 25.0. The van der Waals surface area contributed by atoms with Crippen molar-refractivity contribution in [3.63, 3.8) is 0 Å². The third-order valence-electron chi connectivity index (χ3n) is 7.11. The number of carboxylic acid groups (broad SMARTS) is 1. The van der Waals surface area contributed by atoms with Crippen LogP contribution in [0, 0.1) is 0 Å². The highest BCUT2D eigenvalue weighted by Gasteiger charge is 2.53. The summed E-state index contributed by atoms with van der Waals surface area (Å²) < 4.78 is 1.76. The van der Waals surface area contributed by atoms with E-state index in [1.807, 2.05) is 30.3 Å². The summed E-state index contributed by atoms with van der Waals surface area (Å²) in [6.45, 7) is 1.21. The van der Waals surface area contributed by atoms with Crippen molar-refractivity contribution >= 4 is 28.7 Å². The molecule has 0 radical (unpaired) electrons. The van der Waals surface area contributed by atoms with Crippen molar-refractivity contribution in [2.45, 2.75) is 31.5 Å². The first-order valence-electron chi connectivity index (χ1n) is 11.6. The first-order valence-corrected chi connectivity index (χ1v) is 11.6. The number of aromatic carboxylic acids is 1. The molecule has 11 nitrogen and oxygen atoms in total. The van der Waals surface area contributed by atoms with Crippen LogP contribution < -0.4 is 0 Å². The largest absolute Gasteiger partial charge is 0.477 e. The predicted octanol–water partition coefficient (Wildman–Crippen LogP) is 2.27. The van der Waals surface area contributed by atoms with Crippen LogP contribution in [0.25, 0.3) is 10.9 Å². The summed E-state index contributed by atoms with van der Waals surface area (Å²) in [5.74, 6) is -1.23. The van der Waals surface area contributed by atoms with Crippen molar-refractivity contribution in [3.05, 3.63) is 77.3 Å². The predicted molar refractivity (Wildman–Crippen MR) is 127 cm³/mol. The molecule has 4 heterocycles. The van der Waals surface area contributed by atoms with Gasteiger partial charge in [0.2, 0.25) is 0 Å². The molecule has 0 unspecified atom stereocenters. The molecule has 6 rings (SSSR count). The standard InChI is InChI=1S/C25H23N7O4/c1-30(25(7-8-25)24-26-9-6-18(29-24)23(35)36)21(33)16-13-27-32-11-10-31(14-20(16)32)22(34)19-12-15-4-2-3-5-17(15)28-19/h2-6,9,12-13,28H,7-8,10-11,14H2,1H3,(H,35,36). The number of carboxylic acids is 1. The number of hydrogen-bond acceptors (Lipinski definition) is 6. The molecule has 36 heavy (non-hydrogen) atoms. The summed E-state index contributed by atoms with van der Waals surface area (Å²) in [5, 5.41) is 14.7. The number of nitrogens with one attached hydrogen (secondary N) is 1. The summed E-state index contributed by atoms with van der Waals surface area (Å²) in [6, 6.07) is 10.9. The molecule has 1 aromatic carbocycles. The third-order valence-corrected chi connectivity index (χ3v) is 7.11. The lowest BCUT2D eigenvalue weighted by Crippen LogP contribution is -2.41. The Hall–Kier alpha value is -4.54. The summed E-state index contributed by atoms with van der Waals surface area (Å²) in [4.78, 5) is 53.2. The van der Waals surface area contributed by atoms with Crippen molar-refractivity contribution in [2.75, 3.05) is 13.6 Å². The van der Waals surface area contributed by atoms with Crippen LogP contribution in [0.2, 0.25) is 0 Å². The third kappa shape index (κ3) is 3.43. The zero-order valence-corrected chi connectivity index (χ0v) is 19.5. The molecular formula is C25H23N7O4. The highest BCUT2D eigenvalue weighted by atomic mass is 16.4. The molecule has 1 aliphatic heterocycles. The van der Waals surface area contributed by atoms with Gasteiger partial charge in [-0.3, -0.25) is 14.3 Å². The van der Waals surface area contributed by atoms with E-state index >= 15 is 0 Å². The van der Waals surface area contributed by atoms with Gasteiger partial charge in [0.05, 0.1) is 30.5 Å². The van der Waals surface area contributed by atoms with Crippen LogP contribution in [0.1, 0.15) is 55.7 Å². The van der Waals surface area contributed by atoms with Crippen LogP contribution in [-0.4, -0.2) is 71.0 Å². The second-order valence-corrected chi connectivity index (χ2v) is 9.19. The van der Waals surface area contributed by atoms with E-state index in [1.54, 1.807) is 21.5 Å². The Bertz CT molecular complexity index is 1500. The number of aromatic nitrogens is 5. The molecule has 0 atom stereocenters. The number of rotatable bonds is 5. The average Bonchev–Trinajstić information content (AvgIpc) is 3.42. The molecule has 1 saturated carbocycles. The molecule has 0 spiro atoms. The lowest BCUT2D eigenvalue weighted by atomic mass is 10.1. The van der Waals surface area contributed by atoms with Crippen molar-refractivity contribution in [1.82, 2.24) is 34.5 Å². The van der Waals surface area contributed by atoms with Crippen LogP contribution in [0.4, 0.5) is 0 Å². The SMILES string of the molecule is CN(C(=O)c1cnn2c1CN(C(=O)c1cc3ccccc3[nH]1)CC2)C1(c2nccc(C(=O)O)n2)CC1. The summed E-state index contributed by atoms with van der Waals surface area (Å²) in [5.41, 5.74) is 1.60. The van der Waals surface area contributed by atoms with E-state index in [2.05, 4.69) is 20.1 Å². The van der Waals surface area contributed by atoms with Crippen molar-refractivity contribution in [1.29, 1.82) is 0 Å². The van der Waals surface area contributed by atoms with Crippen LogP contribution in [0.5, 0.6) is 0 Å². The fraction of sp³-hybridized carbons (Fsp3) is 0.280. The second-order valence-electron chi connectivity index (χ2n) is 9.19. The number of benzene rings is 1. The molecule has 1 fully saturated rings. The Labute approximate surface area is 205 Å². The number of hydrogen-bond donors (Lipinski definition) is 2. The lowest BCUT2D eigenvalue weighted by molar-refractivity contribution is 0.0662. The average molecular weight is 486 g/mol. The van der Waals surface area contributed by atoms with Gasteiger partial charge < -0.3 is 19.9 Å². The molecule has 11 heteroatoms. The molecule has 182 valence electrons. The topological polar surface area (TPSA) is 137 Å². The van der Waals surface area contributed by atoms with Gasteiger partial charge in [-0.05, 0) is 31.0 Å². The first kappa shape index (κ1) is 22.0. The molecule has 0 bridgehead atoms. The minimum atomic E-state index is -1.14. The molecular weight excluding hydrogens is 462 g/mol. The van der Waals surface area contributed by atoms with Gasteiger partial charge in [0, 0.05) is 30.7 Å². The maximum atomic E-state index is 13.6. The maximum Gasteiger partial charge on any atom is 0.354 e. The second kappa shape index (κ2) is 8.01. The highest BCUT2D eigenvalue weighted by Crippen LogP contribution is 2.49. The van der Waals surface area contributed by atoms with Crippen LogP contribution >= 0.6 is 0 Å². The number of amides is 2. The number of fused-ring (bicyclic) bond motifs is 2. The number of para-hydroxylation sites is 1. The Balaban J connectivity index is 1.25. The van der Waals surface area contributed by atoms with Gasteiger partial charge in [-0.1, -0.05) is 18.2 Å². The number of aromatic amines is 1. The normalized spacial score (nSPS) is 16.0. The number of nitrogens with zero attached hydrogens (tertiary/aromatic N) is 6. The summed E-state index contributed by atoms with van der Waals surface area (Å²) in [7, 11) is 1.67. The minimum absolute atomic E-state index is 0.110. The van der Waals surface area contributed by atoms with Crippen molar-refractivity contribution in [2.24, 2.45) is 0 Å². The minimum Gasteiger partial charge on any atom is -0.477 e. The van der Waals surface area contributed by atoms with E-state index in [-0.39, 0.29) is 24.1 Å². The highest BCUT2D eigenvalue weighted by molar-refractivity contribution is 5.99. The van der Waals surface area contributed by atoms with E-state index < -0.39 is 11.5 Å². The van der Waals surface area contributed by atoms with Crippen LogP contribution in [0.15, 0.2) is 48.8 Å². The van der Waals surface area contributed by atoms with Crippen molar-refractivity contribution < 1.29 is 19.5 Å². The van der Waals surface area contributed by atoms with Crippen LogP contribution in [0.3, 0.4) is 0 Å². The van der Waals surface area contributed by atoms with Gasteiger partial charge in [0.25, 0.3) is 11.8 Å². The molecule has 0 saturated heterocycles. The van der Waals surface area contributed by atoms with Crippen molar-refractivity contribution in [3.8, 4) is 0 Å². The smallest absolute Gasteiger partial charge is 0.354 e. The van der Waals surface area contributed by atoms with E-state index in [4.69, 9.17) is 0 Å². The van der Waals surface area contributed by atoms with Gasteiger partial charge in [-0.2, -0.15) is 5.10 Å². The van der Waals surface area contributed by atoms with E-state index in [9.17, 15) is 19.5 Å². The Morgan fingerprint density at radius 1 is 1.14 bits per heavy atom. The molecule has 2 amide bonds. The fourth-order valence-electron chi connectivity index (χ4n) is 4.86. The quantitative estimate of drug-likeness (QED) is 0.442. The Kier molecular flexibility index (Phi) is 4.88. The van der Waals surface area contributed by atoms with E-state index in [0.29, 0.717) is 48.7 Å². The number of H-pyrrole nitrogens is 1. The lowest BCUT2D eigenvalue weighted by Gasteiger charge is -2.30. The molecule has 4 aromatic rings. The molecule has 3 aromatic heterocycles. The van der Waals surface area contributed by atoms with Gasteiger partial charge in [-0.15, -0.1) is 0 Å². The van der Waals surface area contributed by atoms with Gasteiger partial charge in [-0.25, -0.2) is 14.8 Å².